The van der Waals surface area contributed by atoms with E-state index in [-0.39, 0.29) is 0 Å². The first-order valence-corrected chi connectivity index (χ1v) is 6.24. The zero-order chi connectivity index (χ0) is 12.5. The minimum absolute atomic E-state index is 0.515. The molecule has 0 aliphatic rings. The summed E-state index contributed by atoms with van der Waals surface area (Å²) < 4.78 is 6.30. The van der Waals surface area contributed by atoms with Gasteiger partial charge in [0.05, 0.1) is 17.3 Å². The Labute approximate surface area is 108 Å². The van der Waals surface area contributed by atoms with E-state index >= 15 is 0 Å². The highest BCUT2D eigenvalue weighted by Crippen LogP contribution is 2.32. The number of hydrogen-bond acceptors (Lipinski definition) is 5. The summed E-state index contributed by atoms with van der Waals surface area (Å²) in [5.41, 5.74) is 7.51. The molecule has 4 nitrogen and oxygen atoms in total. The number of ether oxygens (including phenoxy) is 1. The molecule has 2 N–H and O–H groups in total. The number of nitrogens with zero attached hydrogens (tertiary/aromatic N) is 2. The van der Waals surface area contributed by atoms with E-state index in [4.69, 9.17) is 10.5 Å². The lowest BCUT2D eigenvalue weighted by Gasteiger charge is -1.96. The highest BCUT2D eigenvalue weighted by atomic mass is 32.1. The van der Waals surface area contributed by atoms with Gasteiger partial charge < -0.3 is 10.5 Å². The molecule has 0 unspecified atom stereocenters. The van der Waals surface area contributed by atoms with Gasteiger partial charge in [0.15, 0.2) is 0 Å². The number of benzene rings is 1. The summed E-state index contributed by atoms with van der Waals surface area (Å²) in [5.74, 6) is 1.36. The van der Waals surface area contributed by atoms with Crippen molar-refractivity contribution in [1.82, 2.24) is 9.97 Å². The lowest BCUT2D eigenvalue weighted by atomic mass is 10.3. The Hall–Kier alpha value is -2.14. The molecule has 1 aromatic carbocycles. The smallest absolute Gasteiger partial charge is 0.126 e. The summed E-state index contributed by atoms with van der Waals surface area (Å²) in [6, 6.07) is 9.56. The second kappa shape index (κ2) is 4.27. The monoisotopic (exact) mass is 257 g/mol. The SMILES string of the molecule is COc1ccc2nc(-c3ccc(N)nc3)sc2c1. The van der Waals surface area contributed by atoms with Crippen LogP contribution in [0.5, 0.6) is 5.75 Å². The summed E-state index contributed by atoms with van der Waals surface area (Å²) in [6.45, 7) is 0. The van der Waals surface area contributed by atoms with E-state index in [1.165, 1.54) is 0 Å². The summed E-state index contributed by atoms with van der Waals surface area (Å²) in [6.07, 6.45) is 1.74. The molecule has 90 valence electrons. The zero-order valence-corrected chi connectivity index (χ0v) is 10.6. The fourth-order valence-corrected chi connectivity index (χ4v) is 2.67. The van der Waals surface area contributed by atoms with Crippen molar-refractivity contribution in [3.05, 3.63) is 36.5 Å². The first-order valence-electron chi connectivity index (χ1n) is 5.43. The normalized spacial score (nSPS) is 10.7. The first-order chi connectivity index (χ1) is 8.76. The van der Waals surface area contributed by atoms with Crippen LogP contribution >= 0.6 is 11.3 Å². The van der Waals surface area contributed by atoms with Crippen molar-refractivity contribution in [2.75, 3.05) is 12.8 Å². The van der Waals surface area contributed by atoms with Crippen LogP contribution in [0.4, 0.5) is 5.82 Å². The van der Waals surface area contributed by atoms with Gasteiger partial charge in [0.1, 0.15) is 16.6 Å². The van der Waals surface area contributed by atoms with E-state index in [1.807, 2.05) is 24.3 Å². The number of aromatic nitrogens is 2. The van der Waals surface area contributed by atoms with Crippen LogP contribution in [0.1, 0.15) is 0 Å². The number of thiazole rings is 1. The Morgan fingerprint density at radius 3 is 2.83 bits per heavy atom. The van der Waals surface area contributed by atoms with Gasteiger partial charge in [0.25, 0.3) is 0 Å². The van der Waals surface area contributed by atoms with Gasteiger partial charge in [0.2, 0.25) is 0 Å². The zero-order valence-electron chi connectivity index (χ0n) is 9.75. The van der Waals surface area contributed by atoms with Crippen LogP contribution in [0.2, 0.25) is 0 Å². The lowest BCUT2D eigenvalue weighted by Crippen LogP contribution is -1.88. The van der Waals surface area contributed by atoms with Crippen molar-refractivity contribution in [2.24, 2.45) is 0 Å². The van der Waals surface area contributed by atoms with Gasteiger partial charge in [-0.3, -0.25) is 0 Å². The molecule has 0 bridgehead atoms. The molecule has 0 saturated heterocycles. The molecule has 2 aromatic heterocycles. The number of nitrogen functional groups attached to an aromatic ring is 1. The highest BCUT2D eigenvalue weighted by molar-refractivity contribution is 7.21. The largest absolute Gasteiger partial charge is 0.497 e. The fraction of sp³-hybridized carbons (Fsp3) is 0.0769. The summed E-state index contributed by atoms with van der Waals surface area (Å²) >= 11 is 1.61. The van der Waals surface area contributed by atoms with Crippen molar-refractivity contribution >= 4 is 27.4 Å². The lowest BCUT2D eigenvalue weighted by molar-refractivity contribution is 0.415. The maximum Gasteiger partial charge on any atom is 0.126 e. The summed E-state index contributed by atoms with van der Waals surface area (Å²) in [4.78, 5) is 8.65. The molecule has 0 saturated carbocycles. The Morgan fingerprint density at radius 2 is 2.11 bits per heavy atom. The quantitative estimate of drug-likeness (QED) is 0.766. The number of pyridine rings is 1. The van der Waals surface area contributed by atoms with Crippen LogP contribution in [-0.2, 0) is 0 Å². The van der Waals surface area contributed by atoms with Crippen molar-refractivity contribution in [1.29, 1.82) is 0 Å². The van der Waals surface area contributed by atoms with Crippen molar-refractivity contribution < 1.29 is 4.74 Å². The minimum Gasteiger partial charge on any atom is -0.497 e. The third-order valence-corrected chi connectivity index (χ3v) is 3.70. The topological polar surface area (TPSA) is 61.0 Å². The van der Waals surface area contributed by atoms with E-state index in [0.717, 1.165) is 26.5 Å². The van der Waals surface area contributed by atoms with Crippen molar-refractivity contribution in [2.45, 2.75) is 0 Å². The molecule has 0 aliphatic heterocycles. The summed E-state index contributed by atoms with van der Waals surface area (Å²) in [5, 5.41) is 0.936. The number of anilines is 1. The molecular formula is C13H11N3OS. The third kappa shape index (κ3) is 1.89. The van der Waals surface area contributed by atoms with Crippen LogP contribution in [0.3, 0.4) is 0 Å². The molecule has 0 amide bonds. The number of rotatable bonds is 2. The molecule has 2 heterocycles. The van der Waals surface area contributed by atoms with E-state index in [1.54, 1.807) is 30.7 Å². The second-order valence-electron chi connectivity index (χ2n) is 3.82. The van der Waals surface area contributed by atoms with Gasteiger partial charge in [-0.25, -0.2) is 9.97 Å². The third-order valence-electron chi connectivity index (χ3n) is 2.63. The van der Waals surface area contributed by atoms with E-state index < -0.39 is 0 Å². The predicted molar refractivity (Wildman–Crippen MR) is 73.8 cm³/mol. The van der Waals surface area contributed by atoms with Crippen LogP contribution < -0.4 is 10.5 Å². The first kappa shape index (κ1) is 11.0. The number of fused-ring (bicyclic) bond motifs is 1. The van der Waals surface area contributed by atoms with Gasteiger partial charge in [0, 0.05) is 11.8 Å². The molecular weight excluding hydrogens is 246 g/mol. The molecule has 0 fully saturated rings. The molecule has 18 heavy (non-hydrogen) atoms. The van der Waals surface area contributed by atoms with Crippen LogP contribution in [0.15, 0.2) is 36.5 Å². The molecule has 0 spiro atoms. The number of hydrogen-bond donors (Lipinski definition) is 1. The highest BCUT2D eigenvalue weighted by Gasteiger charge is 2.07. The van der Waals surface area contributed by atoms with Gasteiger partial charge >= 0.3 is 0 Å². The fourth-order valence-electron chi connectivity index (χ4n) is 1.69. The van der Waals surface area contributed by atoms with Crippen molar-refractivity contribution in [3.63, 3.8) is 0 Å². The second-order valence-corrected chi connectivity index (χ2v) is 4.86. The Morgan fingerprint density at radius 1 is 1.22 bits per heavy atom. The van der Waals surface area contributed by atoms with E-state index in [0.29, 0.717) is 5.82 Å². The minimum atomic E-state index is 0.515. The molecule has 3 aromatic rings. The Bertz CT molecular complexity index is 691. The van der Waals surface area contributed by atoms with Crippen LogP contribution in [0, 0.1) is 0 Å². The van der Waals surface area contributed by atoms with Crippen molar-refractivity contribution in [3.8, 4) is 16.3 Å². The Kier molecular flexibility index (Phi) is 2.60. The average molecular weight is 257 g/mol. The maximum atomic E-state index is 5.57. The molecule has 5 heteroatoms. The number of nitrogens with two attached hydrogens (primary N) is 1. The Balaban J connectivity index is 2.10. The van der Waals surface area contributed by atoms with Crippen LogP contribution in [0.25, 0.3) is 20.8 Å². The van der Waals surface area contributed by atoms with Gasteiger partial charge in [-0.05, 0) is 30.3 Å². The average Bonchev–Trinajstić information content (AvgIpc) is 2.82. The summed E-state index contributed by atoms with van der Waals surface area (Å²) in [7, 11) is 1.66. The number of methoxy groups -OCH3 is 1. The predicted octanol–water partition coefficient (Wildman–Crippen LogP) is 2.95. The van der Waals surface area contributed by atoms with E-state index in [9.17, 15) is 0 Å². The molecule has 0 radical (unpaired) electrons. The molecule has 0 aliphatic carbocycles. The van der Waals surface area contributed by atoms with Gasteiger partial charge in [-0.1, -0.05) is 0 Å². The van der Waals surface area contributed by atoms with Crippen LogP contribution in [-0.4, -0.2) is 17.1 Å². The maximum absolute atomic E-state index is 5.57. The standard InChI is InChI=1S/C13H11N3OS/c1-17-9-3-4-10-11(6-9)18-13(16-10)8-2-5-12(14)15-7-8/h2-7H,1H3,(H2,14,15). The van der Waals surface area contributed by atoms with Gasteiger partial charge in [-0.2, -0.15) is 0 Å². The van der Waals surface area contributed by atoms with E-state index in [2.05, 4.69) is 9.97 Å². The molecule has 3 rings (SSSR count). The molecule has 0 atom stereocenters. The van der Waals surface area contributed by atoms with Gasteiger partial charge in [-0.15, -0.1) is 11.3 Å².